The van der Waals surface area contributed by atoms with Crippen molar-refractivity contribution < 1.29 is 4.74 Å². The largest absolute Gasteiger partial charge is 0.378 e. The van der Waals surface area contributed by atoms with Crippen LogP contribution >= 0.6 is 11.6 Å². The molecule has 1 saturated heterocycles. The van der Waals surface area contributed by atoms with E-state index in [9.17, 15) is 0 Å². The van der Waals surface area contributed by atoms with E-state index in [2.05, 4.69) is 25.2 Å². The van der Waals surface area contributed by atoms with Gasteiger partial charge in [0.15, 0.2) is 0 Å². The lowest BCUT2D eigenvalue weighted by atomic mass is 10.1. The Bertz CT molecular complexity index is 502. The molecule has 1 aliphatic heterocycles. The van der Waals surface area contributed by atoms with Crippen molar-refractivity contribution in [2.45, 2.75) is 31.7 Å². The highest BCUT2D eigenvalue weighted by atomic mass is 35.5. The molecule has 3 fully saturated rings. The van der Waals surface area contributed by atoms with E-state index in [0.717, 1.165) is 24.9 Å². The number of halogens is 1. The molecule has 2 heterocycles. The summed E-state index contributed by atoms with van der Waals surface area (Å²) >= 11 is 6.08. The van der Waals surface area contributed by atoms with Crippen LogP contribution in [-0.2, 0) is 4.74 Å². The minimum atomic E-state index is 0.263. The Hall–Kier alpha value is -1.14. The van der Waals surface area contributed by atoms with E-state index >= 15 is 0 Å². The Balaban J connectivity index is 1.52. The Morgan fingerprint density at radius 2 is 1.71 bits per heavy atom. The van der Waals surface area contributed by atoms with Crippen molar-refractivity contribution in [1.29, 1.82) is 0 Å². The number of morpholine rings is 1. The number of ether oxygens (including phenoxy) is 1. The number of aromatic nitrogens is 3. The Labute approximate surface area is 129 Å². The van der Waals surface area contributed by atoms with Crippen molar-refractivity contribution in [2.24, 2.45) is 11.8 Å². The molecule has 2 saturated carbocycles. The average molecular weight is 310 g/mol. The lowest BCUT2D eigenvalue weighted by Crippen LogP contribution is -2.37. The highest BCUT2D eigenvalue weighted by Gasteiger charge is 2.41. The molecule has 0 spiro atoms. The van der Waals surface area contributed by atoms with E-state index < -0.39 is 0 Å². The summed E-state index contributed by atoms with van der Waals surface area (Å²) in [5, 5.41) is 3.78. The Morgan fingerprint density at radius 1 is 1.05 bits per heavy atom. The van der Waals surface area contributed by atoms with Crippen LogP contribution in [-0.4, -0.2) is 47.3 Å². The summed E-state index contributed by atoms with van der Waals surface area (Å²) in [6.07, 6.45) is 5.29. The molecule has 0 atom stereocenters. The molecule has 0 radical (unpaired) electrons. The first-order valence-electron chi connectivity index (χ1n) is 7.80. The van der Waals surface area contributed by atoms with Gasteiger partial charge in [-0.25, -0.2) is 0 Å². The lowest BCUT2D eigenvalue weighted by molar-refractivity contribution is 0.122. The number of rotatable bonds is 5. The minimum absolute atomic E-state index is 0.263. The molecule has 6 nitrogen and oxygen atoms in total. The summed E-state index contributed by atoms with van der Waals surface area (Å²) in [5.41, 5.74) is 0. The van der Waals surface area contributed by atoms with Gasteiger partial charge < -0.3 is 15.0 Å². The maximum Gasteiger partial charge on any atom is 0.231 e. The maximum absolute atomic E-state index is 6.08. The zero-order chi connectivity index (χ0) is 14.2. The summed E-state index contributed by atoms with van der Waals surface area (Å²) in [5.74, 6) is 2.87. The van der Waals surface area contributed by atoms with Crippen LogP contribution in [0.2, 0.25) is 5.28 Å². The normalized spacial score (nSPS) is 22.7. The van der Waals surface area contributed by atoms with Crippen LogP contribution in [0.5, 0.6) is 0 Å². The van der Waals surface area contributed by atoms with E-state index in [0.29, 0.717) is 31.2 Å². The van der Waals surface area contributed by atoms with Gasteiger partial charge in [-0.2, -0.15) is 15.0 Å². The van der Waals surface area contributed by atoms with E-state index in [1.54, 1.807) is 0 Å². The second-order valence-electron chi connectivity index (χ2n) is 6.17. The van der Waals surface area contributed by atoms with Gasteiger partial charge >= 0.3 is 0 Å². The molecule has 1 aromatic rings. The van der Waals surface area contributed by atoms with Crippen molar-refractivity contribution in [3.05, 3.63) is 5.28 Å². The van der Waals surface area contributed by atoms with Crippen molar-refractivity contribution in [3.63, 3.8) is 0 Å². The Kier molecular flexibility index (Phi) is 3.59. The number of nitrogens with zero attached hydrogens (tertiary/aromatic N) is 4. The second kappa shape index (κ2) is 5.57. The summed E-state index contributed by atoms with van der Waals surface area (Å²) in [6.45, 7) is 3.01. The molecule has 0 amide bonds. The quantitative estimate of drug-likeness (QED) is 0.897. The molecule has 4 rings (SSSR count). The summed E-state index contributed by atoms with van der Waals surface area (Å²) in [7, 11) is 0. The van der Waals surface area contributed by atoms with Crippen LogP contribution < -0.4 is 10.2 Å². The minimum Gasteiger partial charge on any atom is -0.378 e. The molecule has 0 aromatic carbocycles. The fourth-order valence-electron chi connectivity index (χ4n) is 2.99. The first-order valence-corrected chi connectivity index (χ1v) is 8.18. The smallest absolute Gasteiger partial charge is 0.231 e. The molecule has 0 unspecified atom stereocenters. The first-order chi connectivity index (χ1) is 10.3. The monoisotopic (exact) mass is 309 g/mol. The van der Waals surface area contributed by atoms with Crippen LogP contribution in [0, 0.1) is 11.8 Å². The van der Waals surface area contributed by atoms with Crippen molar-refractivity contribution >= 4 is 23.5 Å². The third kappa shape index (κ3) is 3.21. The summed E-state index contributed by atoms with van der Waals surface area (Å²) in [4.78, 5) is 15.2. The Morgan fingerprint density at radius 3 is 2.33 bits per heavy atom. The third-order valence-electron chi connectivity index (χ3n) is 4.45. The predicted octanol–water partition coefficient (Wildman–Crippen LogP) is 1.96. The van der Waals surface area contributed by atoms with E-state index in [-0.39, 0.29) is 5.28 Å². The summed E-state index contributed by atoms with van der Waals surface area (Å²) < 4.78 is 5.36. The van der Waals surface area contributed by atoms with Crippen LogP contribution in [0.25, 0.3) is 0 Å². The van der Waals surface area contributed by atoms with Crippen LogP contribution in [0.1, 0.15) is 25.7 Å². The van der Waals surface area contributed by atoms with Crippen LogP contribution in [0.3, 0.4) is 0 Å². The van der Waals surface area contributed by atoms with E-state index in [1.807, 2.05) is 0 Å². The van der Waals surface area contributed by atoms with Gasteiger partial charge in [0.05, 0.1) is 13.2 Å². The zero-order valence-electron chi connectivity index (χ0n) is 12.0. The first kappa shape index (κ1) is 13.5. The highest BCUT2D eigenvalue weighted by molar-refractivity contribution is 6.28. The topological polar surface area (TPSA) is 63.2 Å². The lowest BCUT2D eigenvalue weighted by Gasteiger charge is -2.27. The van der Waals surface area contributed by atoms with Crippen molar-refractivity contribution in [1.82, 2.24) is 15.0 Å². The number of hydrogen-bond donors (Lipinski definition) is 1. The molecule has 1 aromatic heterocycles. The molecule has 2 aliphatic carbocycles. The molecular weight excluding hydrogens is 290 g/mol. The van der Waals surface area contributed by atoms with Crippen molar-refractivity contribution in [2.75, 3.05) is 36.5 Å². The van der Waals surface area contributed by atoms with Gasteiger partial charge in [-0.1, -0.05) is 0 Å². The maximum atomic E-state index is 6.08. The molecule has 21 heavy (non-hydrogen) atoms. The molecular formula is C14H20ClN5O. The van der Waals surface area contributed by atoms with Gasteiger partial charge in [0, 0.05) is 19.1 Å². The fraction of sp³-hybridized carbons (Fsp3) is 0.786. The average Bonchev–Trinajstić information content (AvgIpc) is 3.39. The van der Waals surface area contributed by atoms with Gasteiger partial charge in [0.25, 0.3) is 0 Å². The van der Waals surface area contributed by atoms with Gasteiger partial charge in [0.1, 0.15) is 0 Å². The summed E-state index contributed by atoms with van der Waals surface area (Å²) in [6, 6.07) is 0.515. The van der Waals surface area contributed by atoms with Crippen LogP contribution in [0.4, 0.5) is 11.9 Å². The van der Waals surface area contributed by atoms with E-state index in [4.69, 9.17) is 16.3 Å². The number of hydrogen-bond acceptors (Lipinski definition) is 6. The second-order valence-corrected chi connectivity index (χ2v) is 6.51. The molecule has 7 heteroatoms. The standard InChI is InChI=1S/C14H20ClN5O/c15-12-17-13(16-11(9-1-2-9)10-3-4-10)19-14(18-12)20-5-7-21-8-6-20/h9-11H,1-8H2,(H,16,17,18,19). The van der Waals surface area contributed by atoms with E-state index in [1.165, 1.54) is 25.7 Å². The van der Waals surface area contributed by atoms with Crippen molar-refractivity contribution in [3.8, 4) is 0 Å². The van der Waals surface area contributed by atoms with Gasteiger partial charge in [0.2, 0.25) is 17.2 Å². The highest BCUT2D eigenvalue weighted by Crippen LogP contribution is 2.45. The van der Waals surface area contributed by atoms with Gasteiger partial charge in [-0.05, 0) is 49.1 Å². The number of nitrogens with one attached hydrogen (secondary N) is 1. The zero-order valence-corrected chi connectivity index (χ0v) is 12.7. The SMILES string of the molecule is Clc1nc(NC(C2CC2)C2CC2)nc(N2CCOCC2)n1. The predicted molar refractivity (Wildman–Crippen MR) is 80.7 cm³/mol. The molecule has 3 aliphatic rings. The fourth-order valence-corrected chi connectivity index (χ4v) is 3.14. The third-order valence-corrected chi connectivity index (χ3v) is 4.61. The van der Waals surface area contributed by atoms with Gasteiger partial charge in [-0.3, -0.25) is 0 Å². The number of anilines is 2. The molecule has 1 N–H and O–H groups in total. The molecule has 114 valence electrons. The van der Waals surface area contributed by atoms with Gasteiger partial charge in [-0.15, -0.1) is 0 Å². The van der Waals surface area contributed by atoms with Crippen LogP contribution in [0.15, 0.2) is 0 Å². The molecule has 0 bridgehead atoms.